The molecule has 17 heavy (non-hydrogen) atoms. The van der Waals surface area contributed by atoms with Crippen LogP contribution >= 0.6 is 11.6 Å². The van der Waals surface area contributed by atoms with Crippen LogP contribution in [0.25, 0.3) is 11.0 Å². The number of hydrogen-bond acceptors (Lipinski definition) is 2. The molecule has 1 saturated carbocycles. The third-order valence-corrected chi connectivity index (χ3v) is 3.57. The fourth-order valence-corrected chi connectivity index (χ4v) is 2.25. The minimum absolute atomic E-state index is 0.0874. The Morgan fingerprint density at radius 2 is 2.24 bits per heavy atom. The highest BCUT2D eigenvalue weighted by Gasteiger charge is 2.21. The topological polar surface area (TPSA) is 43.8 Å². The summed E-state index contributed by atoms with van der Waals surface area (Å²) in [6, 6.07) is 2.93. The molecule has 0 atom stereocenters. The molecule has 0 spiro atoms. The summed E-state index contributed by atoms with van der Waals surface area (Å²) < 4.78 is 15.3. The van der Waals surface area contributed by atoms with Gasteiger partial charge in [-0.3, -0.25) is 0 Å². The molecule has 5 heteroatoms. The second-order valence-electron chi connectivity index (χ2n) is 4.61. The molecule has 0 amide bonds. The normalized spacial score (nSPS) is 15.6. The van der Waals surface area contributed by atoms with Gasteiger partial charge in [0.05, 0.1) is 16.1 Å². The number of rotatable bonds is 3. The zero-order chi connectivity index (χ0) is 12.0. The van der Waals surface area contributed by atoms with Crippen molar-refractivity contribution in [1.29, 1.82) is 0 Å². The van der Waals surface area contributed by atoms with Crippen LogP contribution in [0.4, 0.5) is 10.3 Å². The summed E-state index contributed by atoms with van der Waals surface area (Å²) in [5.74, 6) is 0.818. The van der Waals surface area contributed by atoms with Crippen LogP contribution in [0, 0.1) is 11.7 Å². The van der Waals surface area contributed by atoms with Crippen molar-refractivity contribution in [3.63, 3.8) is 0 Å². The van der Waals surface area contributed by atoms with E-state index in [2.05, 4.69) is 4.98 Å². The summed E-state index contributed by atoms with van der Waals surface area (Å²) in [6.45, 7) is 0.800. The Kier molecular flexibility index (Phi) is 2.47. The van der Waals surface area contributed by atoms with Crippen molar-refractivity contribution >= 4 is 28.6 Å². The van der Waals surface area contributed by atoms with E-state index < -0.39 is 5.82 Å². The minimum Gasteiger partial charge on any atom is -0.369 e. The summed E-state index contributed by atoms with van der Waals surface area (Å²) >= 11 is 5.72. The molecule has 2 aromatic rings. The average molecular weight is 254 g/mol. The molecule has 3 rings (SSSR count). The van der Waals surface area contributed by atoms with E-state index >= 15 is 0 Å². The number of anilines is 1. The van der Waals surface area contributed by atoms with Gasteiger partial charge in [-0.2, -0.15) is 0 Å². The van der Waals surface area contributed by atoms with Crippen LogP contribution in [0.5, 0.6) is 0 Å². The summed E-state index contributed by atoms with van der Waals surface area (Å²) in [6.07, 6.45) is 3.68. The van der Waals surface area contributed by atoms with Crippen LogP contribution in [0.3, 0.4) is 0 Å². The van der Waals surface area contributed by atoms with Gasteiger partial charge in [-0.25, -0.2) is 9.37 Å². The fraction of sp³-hybridized carbons (Fsp3) is 0.417. The van der Waals surface area contributed by atoms with Crippen molar-refractivity contribution in [3.05, 3.63) is 23.0 Å². The predicted octanol–water partition coefficient (Wildman–Crippen LogP) is 3.21. The van der Waals surface area contributed by atoms with Crippen molar-refractivity contribution in [2.24, 2.45) is 5.92 Å². The third-order valence-electron chi connectivity index (χ3n) is 3.28. The molecule has 3 nitrogen and oxygen atoms in total. The van der Waals surface area contributed by atoms with Crippen LogP contribution in [0.1, 0.15) is 19.3 Å². The number of nitrogens with two attached hydrogens (primary N) is 1. The lowest BCUT2D eigenvalue weighted by Gasteiger charge is -2.05. The highest BCUT2D eigenvalue weighted by molar-refractivity contribution is 6.31. The maximum Gasteiger partial charge on any atom is 0.201 e. The number of aromatic nitrogens is 2. The number of halogens is 2. The molecule has 1 aliphatic rings. The molecule has 2 N–H and O–H groups in total. The molecule has 1 aromatic carbocycles. The maximum atomic E-state index is 13.4. The standard InChI is InChI=1S/C12H13ClFN3/c13-8-5-10-11(6-9(8)14)17(12(15)16-10)4-3-7-1-2-7/h5-7H,1-4H2,(H2,15,16). The Morgan fingerprint density at radius 1 is 1.47 bits per heavy atom. The molecule has 0 bridgehead atoms. The highest BCUT2D eigenvalue weighted by atomic mass is 35.5. The van der Waals surface area contributed by atoms with Gasteiger partial charge in [-0.1, -0.05) is 24.4 Å². The number of nitrogen functional groups attached to an aromatic ring is 1. The van der Waals surface area contributed by atoms with Crippen LogP contribution in [0.2, 0.25) is 5.02 Å². The number of imidazole rings is 1. The van der Waals surface area contributed by atoms with Crippen molar-refractivity contribution in [1.82, 2.24) is 9.55 Å². The Labute approximate surface area is 103 Å². The number of aryl methyl sites for hydroxylation is 1. The van der Waals surface area contributed by atoms with Crippen molar-refractivity contribution < 1.29 is 4.39 Å². The number of hydrogen-bond donors (Lipinski definition) is 1. The van der Waals surface area contributed by atoms with E-state index in [1.165, 1.54) is 25.0 Å². The van der Waals surface area contributed by atoms with Gasteiger partial charge in [0.25, 0.3) is 0 Å². The molecule has 1 heterocycles. The van der Waals surface area contributed by atoms with E-state index in [1.807, 2.05) is 4.57 Å². The fourth-order valence-electron chi connectivity index (χ4n) is 2.09. The average Bonchev–Trinajstić information content (AvgIpc) is 3.04. The van der Waals surface area contributed by atoms with E-state index in [9.17, 15) is 4.39 Å². The quantitative estimate of drug-likeness (QED) is 0.913. The number of benzene rings is 1. The lowest BCUT2D eigenvalue weighted by molar-refractivity contribution is 0.608. The highest BCUT2D eigenvalue weighted by Crippen LogP contribution is 2.34. The lowest BCUT2D eigenvalue weighted by atomic mass is 10.2. The lowest BCUT2D eigenvalue weighted by Crippen LogP contribution is -2.04. The summed E-state index contributed by atoms with van der Waals surface area (Å²) in [4.78, 5) is 4.20. The van der Waals surface area contributed by atoms with E-state index in [4.69, 9.17) is 17.3 Å². The Balaban J connectivity index is 2.02. The molecule has 0 saturated heterocycles. The first-order chi connectivity index (χ1) is 8.15. The third kappa shape index (κ3) is 1.97. The largest absolute Gasteiger partial charge is 0.369 e. The molecule has 0 aliphatic heterocycles. The van der Waals surface area contributed by atoms with Gasteiger partial charge in [0.15, 0.2) is 0 Å². The monoisotopic (exact) mass is 253 g/mol. The second-order valence-corrected chi connectivity index (χ2v) is 5.02. The van der Waals surface area contributed by atoms with Gasteiger partial charge in [0.2, 0.25) is 5.95 Å². The van der Waals surface area contributed by atoms with Crippen LogP contribution < -0.4 is 5.73 Å². The Morgan fingerprint density at radius 3 is 2.94 bits per heavy atom. The Bertz CT molecular complexity index is 575. The van der Waals surface area contributed by atoms with Crippen LogP contribution in [-0.2, 0) is 6.54 Å². The first-order valence-electron chi connectivity index (χ1n) is 5.76. The first kappa shape index (κ1) is 10.8. The second kappa shape index (κ2) is 3.88. The van der Waals surface area contributed by atoms with Gasteiger partial charge in [0, 0.05) is 12.6 Å². The zero-order valence-corrected chi connectivity index (χ0v) is 10.0. The zero-order valence-electron chi connectivity index (χ0n) is 9.29. The summed E-state index contributed by atoms with van der Waals surface area (Å²) in [5.41, 5.74) is 7.23. The van der Waals surface area contributed by atoms with Crippen molar-refractivity contribution in [2.75, 3.05) is 5.73 Å². The van der Waals surface area contributed by atoms with Crippen molar-refractivity contribution in [3.8, 4) is 0 Å². The van der Waals surface area contributed by atoms with E-state index in [-0.39, 0.29) is 5.02 Å². The van der Waals surface area contributed by atoms with Gasteiger partial charge >= 0.3 is 0 Å². The number of nitrogens with zero attached hydrogens (tertiary/aromatic N) is 2. The molecular weight excluding hydrogens is 241 g/mol. The molecule has 0 unspecified atom stereocenters. The smallest absolute Gasteiger partial charge is 0.201 e. The molecule has 90 valence electrons. The molecule has 1 aromatic heterocycles. The van der Waals surface area contributed by atoms with E-state index in [0.29, 0.717) is 11.5 Å². The molecule has 0 radical (unpaired) electrons. The SMILES string of the molecule is Nc1nc2cc(Cl)c(F)cc2n1CCC1CC1. The van der Waals surface area contributed by atoms with Gasteiger partial charge < -0.3 is 10.3 Å². The number of fused-ring (bicyclic) bond motifs is 1. The predicted molar refractivity (Wildman–Crippen MR) is 66.5 cm³/mol. The maximum absolute atomic E-state index is 13.4. The van der Waals surface area contributed by atoms with Crippen LogP contribution in [-0.4, -0.2) is 9.55 Å². The molecule has 1 fully saturated rings. The van der Waals surface area contributed by atoms with Gasteiger partial charge in [-0.05, 0) is 18.4 Å². The minimum atomic E-state index is -0.424. The summed E-state index contributed by atoms with van der Waals surface area (Å²) in [5, 5.41) is 0.0874. The first-order valence-corrected chi connectivity index (χ1v) is 6.13. The Hall–Kier alpha value is -1.29. The summed E-state index contributed by atoms with van der Waals surface area (Å²) in [7, 11) is 0. The van der Waals surface area contributed by atoms with E-state index in [0.717, 1.165) is 24.4 Å². The van der Waals surface area contributed by atoms with E-state index in [1.54, 1.807) is 0 Å². The molecule has 1 aliphatic carbocycles. The van der Waals surface area contributed by atoms with Crippen molar-refractivity contribution in [2.45, 2.75) is 25.8 Å². The van der Waals surface area contributed by atoms with Gasteiger partial charge in [-0.15, -0.1) is 0 Å². The van der Waals surface area contributed by atoms with Crippen LogP contribution in [0.15, 0.2) is 12.1 Å². The van der Waals surface area contributed by atoms with Gasteiger partial charge in [0.1, 0.15) is 5.82 Å². The molecular formula is C12H13ClFN3.